The van der Waals surface area contributed by atoms with E-state index in [0.717, 1.165) is 6.42 Å². The minimum Gasteiger partial charge on any atom is -0.147 e. The Bertz CT molecular complexity index is 33.1. The summed E-state index contributed by atoms with van der Waals surface area (Å²) in [4.78, 5) is 0. The zero-order chi connectivity index (χ0) is 4.12. The van der Waals surface area contributed by atoms with Gasteiger partial charge in [-0.25, -0.2) is 0 Å². The van der Waals surface area contributed by atoms with Crippen molar-refractivity contribution in [3.8, 4) is 0 Å². The van der Waals surface area contributed by atoms with Crippen LogP contribution in [0.15, 0.2) is 12.2 Å². The van der Waals surface area contributed by atoms with Crippen LogP contribution in [0.5, 0.6) is 0 Å². The monoisotopic (exact) mass is 142 g/mol. The molecule has 0 aromatic rings. The van der Waals surface area contributed by atoms with Crippen LogP contribution >= 0.6 is 24.8 Å². The molecule has 0 saturated heterocycles. The molecule has 0 aliphatic heterocycles. The Kier molecular flexibility index (Phi) is 36.3. The first-order chi connectivity index (χ1) is 2.41. The van der Waals surface area contributed by atoms with Gasteiger partial charge in [0.2, 0.25) is 0 Å². The molecule has 0 atom stereocenters. The fourth-order valence-electron chi connectivity index (χ4n) is 0.236. The Balaban J connectivity index is -0.0000000800. The van der Waals surface area contributed by atoms with Gasteiger partial charge in [0.05, 0.1) is 0 Å². The van der Waals surface area contributed by atoms with Crippen LogP contribution in [0.1, 0.15) is 20.3 Å². The molecule has 7 heavy (non-hydrogen) atoms. The normalized spacial score (nSPS) is 7.14. The fourth-order valence-corrected chi connectivity index (χ4v) is 0.236. The van der Waals surface area contributed by atoms with E-state index in [9.17, 15) is 0 Å². The molecule has 0 radical (unpaired) electrons. The average Bonchev–Trinajstić information content (AvgIpc) is 1.41. The van der Waals surface area contributed by atoms with Crippen molar-refractivity contribution in [3.63, 3.8) is 0 Å². The van der Waals surface area contributed by atoms with Crippen LogP contribution in [0.2, 0.25) is 0 Å². The zero-order valence-electron chi connectivity index (χ0n) is 4.68. The highest BCUT2D eigenvalue weighted by atomic mass is 35.5. The molecule has 0 saturated carbocycles. The molecular formula is C5H12Cl2. The molecule has 0 amide bonds. The topological polar surface area (TPSA) is 0 Å². The van der Waals surface area contributed by atoms with Crippen molar-refractivity contribution in [1.29, 1.82) is 0 Å². The maximum Gasteiger partial charge on any atom is -0.0379 e. The highest BCUT2D eigenvalue weighted by Gasteiger charge is 1.52. The van der Waals surface area contributed by atoms with E-state index in [0.29, 0.717) is 0 Å². The molecule has 0 unspecified atom stereocenters. The summed E-state index contributed by atoms with van der Waals surface area (Å²) in [6, 6.07) is 0. The van der Waals surface area contributed by atoms with Gasteiger partial charge in [-0.1, -0.05) is 19.1 Å². The van der Waals surface area contributed by atoms with Crippen LogP contribution in [-0.4, -0.2) is 0 Å². The second kappa shape index (κ2) is 16.2. The Morgan fingerprint density at radius 3 is 1.71 bits per heavy atom. The van der Waals surface area contributed by atoms with Crippen LogP contribution in [0, 0.1) is 0 Å². The van der Waals surface area contributed by atoms with Crippen molar-refractivity contribution in [2.45, 2.75) is 20.3 Å². The Labute approximate surface area is 57.8 Å². The van der Waals surface area contributed by atoms with E-state index >= 15 is 0 Å². The highest BCUT2D eigenvalue weighted by Crippen LogP contribution is 1.73. The van der Waals surface area contributed by atoms with E-state index in [1.54, 1.807) is 0 Å². The SMILES string of the molecule is C/C=C/CC.Cl.Cl. The van der Waals surface area contributed by atoms with Crippen molar-refractivity contribution < 1.29 is 0 Å². The first kappa shape index (κ1) is 15.7. The van der Waals surface area contributed by atoms with Crippen LogP contribution in [0.25, 0.3) is 0 Å². The Morgan fingerprint density at radius 2 is 1.71 bits per heavy atom. The van der Waals surface area contributed by atoms with E-state index < -0.39 is 0 Å². The third-order valence-electron chi connectivity index (χ3n) is 0.471. The van der Waals surface area contributed by atoms with E-state index in [-0.39, 0.29) is 24.8 Å². The number of hydrogen-bond acceptors (Lipinski definition) is 0. The number of rotatable bonds is 1. The van der Waals surface area contributed by atoms with Crippen molar-refractivity contribution in [2.24, 2.45) is 0 Å². The van der Waals surface area contributed by atoms with Crippen LogP contribution < -0.4 is 0 Å². The maximum absolute atomic E-state index is 2.12. The summed E-state index contributed by atoms with van der Waals surface area (Å²) in [5, 5.41) is 0. The smallest absolute Gasteiger partial charge is 0.0379 e. The van der Waals surface area contributed by atoms with Crippen molar-refractivity contribution in [3.05, 3.63) is 12.2 Å². The molecule has 0 rings (SSSR count). The summed E-state index contributed by atoms with van der Waals surface area (Å²) in [5.74, 6) is 0. The van der Waals surface area contributed by atoms with Gasteiger partial charge in [0.15, 0.2) is 0 Å². The van der Waals surface area contributed by atoms with Crippen molar-refractivity contribution in [2.75, 3.05) is 0 Å². The van der Waals surface area contributed by atoms with Crippen LogP contribution in [0.4, 0.5) is 0 Å². The lowest BCUT2D eigenvalue weighted by molar-refractivity contribution is 1.22. The Morgan fingerprint density at radius 1 is 1.29 bits per heavy atom. The molecule has 46 valence electrons. The molecular weight excluding hydrogens is 131 g/mol. The molecule has 0 heterocycles. The number of halogens is 2. The van der Waals surface area contributed by atoms with Gasteiger partial charge in [-0.15, -0.1) is 24.8 Å². The van der Waals surface area contributed by atoms with Gasteiger partial charge in [-0.05, 0) is 13.3 Å². The van der Waals surface area contributed by atoms with Crippen LogP contribution in [-0.2, 0) is 0 Å². The summed E-state index contributed by atoms with van der Waals surface area (Å²) in [5.41, 5.74) is 0. The predicted molar refractivity (Wildman–Crippen MR) is 39.6 cm³/mol. The number of hydrogen-bond donors (Lipinski definition) is 0. The van der Waals surface area contributed by atoms with Gasteiger partial charge in [0.25, 0.3) is 0 Å². The van der Waals surface area contributed by atoms with E-state index in [1.165, 1.54) is 0 Å². The molecule has 0 fully saturated rings. The van der Waals surface area contributed by atoms with Gasteiger partial charge in [-0.2, -0.15) is 0 Å². The van der Waals surface area contributed by atoms with Gasteiger partial charge in [0, 0.05) is 0 Å². The minimum absolute atomic E-state index is 0. The largest absolute Gasteiger partial charge is 0.147 e. The molecule has 0 N–H and O–H groups in total. The third kappa shape index (κ3) is 21.9. The Hall–Kier alpha value is 0.320. The lowest BCUT2D eigenvalue weighted by Crippen LogP contribution is -1.43. The quantitative estimate of drug-likeness (QED) is 0.495. The highest BCUT2D eigenvalue weighted by molar-refractivity contribution is 5.85. The summed E-state index contributed by atoms with van der Waals surface area (Å²) in [6.45, 7) is 4.16. The fraction of sp³-hybridized carbons (Fsp3) is 0.600. The zero-order valence-corrected chi connectivity index (χ0v) is 6.31. The van der Waals surface area contributed by atoms with E-state index in [2.05, 4.69) is 19.1 Å². The summed E-state index contributed by atoms with van der Waals surface area (Å²) in [7, 11) is 0. The second-order valence-corrected chi connectivity index (χ2v) is 0.977. The van der Waals surface area contributed by atoms with Crippen molar-refractivity contribution in [1.82, 2.24) is 0 Å². The summed E-state index contributed by atoms with van der Waals surface area (Å²) >= 11 is 0. The molecule has 0 aromatic heterocycles. The lowest BCUT2D eigenvalue weighted by Gasteiger charge is -1.65. The van der Waals surface area contributed by atoms with Crippen LogP contribution in [0.3, 0.4) is 0 Å². The predicted octanol–water partition coefficient (Wildman–Crippen LogP) is 2.82. The van der Waals surface area contributed by atoms with Gasteiger partial charge >= 0.3 is 0 Å². The molecule has 0 aliphatic carbocycles. The maximum atomic E-state index is 2.12. The average molecular weight is 143 g/mol. The lowest BCUT2D eigenvalue weighted by atomic mass is 10.4. The van der Waals surface area contributed by atoms with Crippen molar-refractivity contribution >= 4 is 24.8 Å². The molecule has 0 bridgehead atoms. The first-order valence-corrected chi connectivity index (χ1v) is 2.03. The molecule has 0 aromatic carbocycles. The first-order valence-electron chi connectivity index (χ1n) is 2.03. The van der Waals surface area contributed by atoms with Gasteiger partial charge in [0.1, 0.15) is 0 Å². The summed E-state index contributed by atoms with van der Waals surface area (Å²) in [6.07, 6.45) is 5.34. The molecule has 0 nitrogen and oxygen atoms in total. The van der Waals surface area contributed by atoms with Gasteiger partial charge < -0.3 is 0 Å². The number of allylic oxidation sites excluding steroid dienone is 2. The standard InChI is InChI=1S/C5H10.2ClH/c1-3-5-4-2;;/h3,5H,4H2,1-2H3;2*1H/b5-3+;;. The van der Waals surface area contributed by atoms with E-state index in [1.807, 2.05) is 6.92 Å². The molecule has 0 aliphatic rings. The second-order valence-electron chi connectivity index (χ2n) is 0.977. The minimum atomic E-state index is 0. The summed E-state index contributed by atoms with van der Waals surface area (Å²) < 4.78 is 0. The third-order valence-corrected chi connectivity index (χ3v) is 0.471. The molecule has 0 spiro atoms. The van der Waals surface area contributed by atoms with Gasteiger partial charge in [-0.3, -0.25) is 0 Å². The van der Waals surface area contributed by atoms with E-state index in [4.69, 9.17) is 0 Å². The molecule has 2 heteroatoms.